The van der Waals surface area contributed by atoms with Crippen molar-refractivity contribution in [1.82, 2.24) is 20.1 Å². The molecule has 1 aliphatic carbocycles. The Labute approximate surface area is 157 Å². The lowest BCUT2D eigenvalue weighted by molar-refractivity contribution is -0.113. The molecule has 11 heteroatoms. The number of carbonyl (C=O) groups is 2. The molecule has 140 valence electrons. The van der Waals surface area contributed by atoms with Gasteiger partial charge in [-0.25, -0.2) is 14.6 Å². The van der Waals surface area contributed by atoms with E-state index in [4.69, 9.17) is 27.7 Å². The summed E-state index contributed by atoms with van der Waals surface area (Å²) >= 11 is 11.6. The summed E-state index contributed by atoms with van der Waals surface area (Å²) in [4.78, 5) is 23.3. The zero-order valence-corrected chi connectivity index (χ0v) is 15.9. The standard InChI is InChI=1S/C14H21Cl2N4O4P/c15-6-8-19(9-7-16)25-18-13(5-10-24-25)20(23)14(22)17-11-1-3-12(21)4-2-11/h1-3,13,18,23H,4-10H2,(H,17,22). The number of hydrogen-bond acceptors (Lipinski definition) is 6. The summed E-state index contributed by atoms with van der Waals surface area (Å²) in [5, 5.41) is 16.5. The molecule has 2 unspecified atom stereocenters. The molecule has 0 aromatic rings. The Bertz CT molecular complexity index is 543. The molecule has 2 aliphatic rings. The summed E-state index contributed by atoms with van der Waals surface area (Å²) in [5.41, 5.74) is 0.476. The lowest BCUT2D eigenvalue weighted by Gasteiger charge is -2.38. The van der Waals surface area contributed by atoms with E-state index in [-0.39, 0.29) is 12.2 Å². The molecule has 8 nitrogen and oxygen atoms in total. The molecule has 2 rings (SSSR count). The first-order valence-corrected chi connectivity index (χ1v) is 10.1. The normalized spacial score (nSPS) is 23.5. The zero-order chi connectivity index (χ0) is 18.2. The van der Waals surface area contributed by atoms with Crippen molar-refractivity contribution in [3.8, 4) is 0 Å². The average molecular weight is 411 g/mol. The highest BCUT2D eigenvalue weighted by Gasteiger charge is 2.32. The number of rotatable bonds is 7. The van der Waals surface area contributed by atoms with Gasteiger partial charge in [0.15, 0.2) is 14.2 Å². The van der Waals surface area contributed by atoms with Crippen molar-refractivity contribution in [2.45, 2.75) is 19.0 Å². The van der Waals surface area contributed by atoms with Crippen LogP contribution in [0.15, 0.2) is 23.9 Å². The fraction of sp³-hybridized carbons (Fsp3) is 0.571. The number of nitrogens with zero attached hydrogens (tertiary/aromatic N) is 2. The number of hydrogen-bond donors (Lipinski definition) is 3. The van der Waals surface area contributed by atoms with Gasteiger partial charge >= 0.3 is 6.03 Å². The van der Waals surface area contributed by atoms with Crippen LogP contribution >= 0.6 is 31.7 Å². The van der Waals surface area contributed by atoms with E-state index in [2.05, 4.69) is 10.4 Å². The highest BCUT2D eigenvalue weighted by Crippen LogP contribution is 2.41. The van der Waals surface area contributed by atoms with Crippen molar-refractivity contribution in [2.24, 2.45) is 0 Å². The van der Waals surface area contributed by atoms with Crippen LogP contribution in [0, 0.1) is 0 Å². The largest absolute Gasteiger partial charge is 0.347 e. The number of hydroxylamine groups is 2. The first-order valence-electron chi connectivity index (χ1n) is 7.81. The van der Waals surface area contributed by atoms with Gasteiger partial charge in [0.25, 0.3) is 0 Å². The molecular formula is C14H21Cl2N4O4P. The summed E-state index contributed by atoms with van der Waals surface area (Å²) in [6.45, 7) is 1.57. The van der Waals surface area contributed by atoms with E-state index in [1.165, 1.54) is 12.2 Å². The monoisotopic (exact) mass is 410 g/mol. The number of alkyl halides is 2. The molecule has 1 heterocycles. The molecule has 3 N–H and O–H groups in total. The molecule has 2 atom stereocenters. The number of carbonyl (C=O) groups excluding carboxylic acids is 2. The van der Waals surface area contributed by atoms with Crippen molar-refractivity contribution in [3.05, 3.63) is 23.9 Å². The van der Waals surface area contributed by atoms with Crippen molar-refractivity contribution in [2.75, 3.05) is 31.5 Å². The summed E-state index contributed by atoms with van der Waals surface area (Å²) in [6.07, 6.45) is 4.56. The first kappa shape index (κ1) is 20.6. The number of amides is 2. The molecular weight excluding hydrogens is 390 g/mol. The number of halogens is 2. The molecule has 0 aromatic carbocycles. The van der Waals surface area contributed by atoms with Crippen LogP contribution in [-0.2, 0) is 9.32 Å². The van der Waals surface area contributed by atoms with E-state index in [9.17, 15) is 14.8 Å². The summed E-state index contributed by atoms with van der Waals surface area (Å²) in [7, 11) is -1.21. The summed E-state index contributed by atoms with van der Waals surface area (Å²) in [5.74, 6) is 0.816. The van der Waals surface area contributed by atoms with Gasteiger partial charge in [-0.15, -0.1) is 23.2 Å². The van der Waals surface area contributed by atoms with Gasteiger partial charge < -0.3 is 9.84 Å². The van der Waals surface area contributed by atoms with E-state index in [1.807, 2.05) is 4.67 Å². The maximum atomic E-state index is 12.2. The molecule has 1 fully saturated rings. The third kappa shape index (κ3) is 6.18. The van der Waals surface area contributed by atoms with E-state index in [1.54, 1.807) is 6.08 Å². The quantitative estimate of drug-likeness (QED) is 0.257. The molecule has 25 heavy (non-hydrogen) atoms. The van der Waals surface area contributed by atoms with Crippen LogP contribution in [0.5, 0.6) is 0 Å². The molecule has 0 bridgehead atoms. The Morgan fingerprint density at radius 2 is 2.12 bits per heavy atom. The first-order chi connectivity index (χ1) is 12.0. The van der Waals surface area contributed by atoms with Crippen LogP contribution in [-0.4, -0.2) is 64.4 Å². The Hall–Kier alpha value is -0.730. The fourth-order valence-corrected chi connectivity index (χ4v) is 4.63. The van der Waals surface area contributed by atoms with E-state index < -0.39 is 20.6 Å². The van der Waals surface area contributed by atoms with Gasteiger partial charge in [0.1, 0.15) is 6.17 Å². The number of urea groups is 1. The molecule has 0 radical (unpaired) electrons. The van der Waals surface area contributed by atoms with Gasteiger partial charge in [-0.1, -0.05) is 6.08 Å². The smallest absolute Gasteiger partial charge is 0.331 e. The molecule has 1 saturated heterocycles. The lowest BCUT2D eigenvalue weighted by Crippen LogP contribution is -2.52. The van der Waals surface area contributed by atoms with Crippen molar-refractivity contribution < 1.29 is 19.3 Å². The minimum absolute atomic E-state index is 0.0331. The van der Waals surface area contributed by atoms with Crippen molar-refractivity contribution >= 4 is 43.5 Å². The highest BCUT2D eigenvalue weighted by atomic mass is 35.5. The Morgan fingerprint density at radius 1 is 1.40 bits per heavy atom. The van der Waals surface area contributed by atoms with Crippen LogP contribution in [0.1, 0.15) is 12.8 Å². The van der Waals surface area contributed by atoms with Crippen LogP contribution in [0.4, 0.5) is 4.79 Å². The third-order valence-corrected chi connectivity index (χ3v) is 5.73. The Morgan fingerprint density at radius 3 is 2.72 bits per heavy atom. The summed E-state index contributed by atoms with van der Waals surface area (Å²) in [6, 6.07) is -0.680. The summed E-state index contributed by atoms with van der Waals surface area (Å²) < 4.78 is 7.66. The van der Waals surface area contributed by atoms with Crippen LogP contribution in [0.3, 0.4) is 0 Å². The number of allylic oxidation sites excluding steroid dienone is 3. The van der Waals surface area contributed by atoms with Gasteiger partial charge in [0.2, 0.25) is 0 Å². The number of ketones is 1. The molecule has 0 spiro atoms. The van der Waals surface area contributed by atoms with Crippen molar-refractivity contribution in [1.29, 1.82) is 0 Å². The fourth-order valence-electron chi connectivity index (χ4n) is 2.25. The third-order valence-electron chi connectivity index (χ3n) is 3.53. The molecule has 2 amide bonds. The SMILES string of the molecule is O=C1C=CC(NC(=O)N(O)C2CCOP(N(CCCl)CCCl)N2)=CC1. The van der Waals surface area contributed by atoms with Crippen LogP contribution < -0.4 is 10.4 Å². The average Bonchev–Trinajstić information content (AvgIpc) is 2.63. The van der Waals surface area contributed by atoms with Crippen LogP contribution in [0.2, 0.25) is 0 Å². The molecule has 1 aliphatic heterocycles. The Kier molecular flexibility index (Phi) is 8.58. The van der Waals surface area contributed by atoms with E-state index in [0.29, 0.717) is 48.6 Å². The maximum absolute atomic E-state index is 12.2. The predicted molar refractivity (Wildman–Crippen MR) is 96.4 cm³/mol. The Balaban J connectivity index is 1.91. The van der Waals surface area contributed by atoms with Gasteiger partial charge in [-0.3, -0.25) is 10.0 Å². The van der Waals surface area contributed by atoms with Gasteiger partial charge in [-0.2, -0.15) is 5.06 Å². The molecule has 0 aromatic heterocycles. The zero-order valence-electron chi connectivity index (χ0n) is 13.5. The van der Waals surface area contributed by atoms with Gasteiger partial charge in [-0.05, 0) is 12.2 Å². The molecule has 0 saturated carbocycles. The van der Waals surface area contributed by atoms with Gasteiger partial charge in [0.05, 0.1) is 6.61 Å². The van der Waals surface area contributed by atoms with Crippen LogP contribution in [0.25, 0.3) is 0 Å². The number of nitrogens with one attached hydrogen (secondary N) is 2. The maximum Gasteiger partial charge on any atom is 0.347 e. The van der Waals surface area contributed by atoms with Gasteiger partial charge in [0, 0.05) is 43.4 Å². The second-order valence-corrected chi connectivity index (χ2v) is 7.69. The second kappa shape index (κ2) is 10.4. The predicted octanol–water partition coefficient (Wildman–Crippen LogP) is 2.14. The minimum atomic E-state index is -1.21. The second-order valence-electron chi connectivity index (χ2n) is 5.31. The minimum Gasteiger partial charge on any atom is -0.331 e. The highest BCUT2D eigenvalue weighted by molar-refractivity contribution is 7.47. The van der Waals surface area contributed by atoms with E-state index in [0.717, 1.165) is 0 Å². The lowest BCUT2D eigenvalue weighted by atomic mass is 10.1. The van der Waals surface area contributed by atoms with E-state index >= 15 is 0 Å². The van der Waals surface area contributed by atoms with Crippen molar-refractivity contribution in [3.63, 3.8) is 0 Å². The topological polar surface area (TPSA) is 94.1 Å².